The molecule has 0 aromatic heterocycles. The van der Waals surface area contributed by atoms with Gasteiger partial charge in [0, 0.05) is 22.3 Å². The monoisotopic (exact) mass is 403 g/mol. The molecule has 0 unspecified atom stereocenters. The normalized spacial score (nSPS) is 12.8. The molecule has 3 aromatic rings. The molecule has 0 bridgehead atoms. The fraction of sp³-hybridized carbons (Fsp3) is 0.0455. The van der Waals surface area contributed by atoms with Gasteiger partial charge in [-0.3, -0.25) is 14.8 Å². The van der Waals surface area contributed by atoms with E-state index in [0.717, 1.165) is 16.7 Å². The second-order valence-corrected chi connectivity index (χ2v) is 6.53. The number of carbonyl (C=O) groups excluding carboxylic acids is 2. The fourth-order valence-electron chi connectivity index (χ4n) is 3.59. The molecule has 30 heavy (non-hydrogen) atoms. The van der Waals surface area contributed by atoms with Crippen molar-refractivity contribution in [3.05, 3.63) is 82.9 Å². The third-order valence-electron chi connectivity index (χ3n) is 4.93. The summed E-state index contributed by atoms with van der Waals surface area (Å²) in [6.45, 7) is 0. The Balaban J connectivity index is 1.76. The van der Waals surface area contributed by atoms with Gasteiger partial charge in [-0.2, -0.15) is 0 Å². The lowest BCUT2D eigenvalue weighted by Crippen LogP contribution is -2.20. The van der Waals surface area contributed by atoms with Crippen molar-refractivity contribution in [2.45, 2.75) is 0 Å². The molecule has 0 saturated heterocycles. The minimum atomic E-state index is -0.723. The Morgan fingerprint density at radius 2 is 1.67 bits per heavy atom. The van der Waals surface area contributed by atoms with Crippen molar-refractivity contribution in [2.24, 2.45) is 5.16 Å². The van der Waals surface area contributed by atoms with E-state index in [-0.39, 0.29) is 11.3 Å². The third-order valence-corrected chi connectivity index (χ3v) is 4.93. The van der Waals surface area contributed by atoms with Gasteiger partial charge >= 0.3 is 0 Å². The number of anilines is 1. The summed E-state index contributed by atoms with van der Waals surface area (Å²) in [5.74, 6) is -0.857. The average molecular weight is 403 g/mol. The summed E-state index contributed by atoms with van der Waals surface area (Å²) in [4.78, 5) is 24.9. The van der Waals surface area contributed by atoms with Gasteiger partial charge in [0.05, 0.1) is 12.8 Å². The maximum Gasteiger partial charge on any atom is 0.274 e. The molecular weight excluding hydrogens is 386 g/mol. The Morgan fingerprint density at radius 1 is 0.933 bits per heavy atom. The van der Waals surface area contributed by atoms with Gasteiger partial charge in [0.15, 0.2) is 0 Å². The molecule has 8 nitrogen and oxygen atoms in total. The minimum absolute atomic E-state index is 0.136. The maximum absolute atomic E-state index is 13.2. The van der Waals surface area contributed by atoms with Gasteiger partial charge in [-0.15, -0.1) is 0 Å². The number of carbonyl (C=O) groups is 2. The highest BCUT2D eigenvalue weighted by atomic mass is 16.5. The predicted molar refractivity (Wildman–Crippen MR) is 110 cm³/mol. The minimum Gasteiger partial charge on any atom is -0.495 e. The van der Waals surface area contributed by atoms with Gasteiger partial charge in [0.2, 0.25) is 0 Å². The molecule has 3 aromatic carbocycles. The van der Waals surface area contributed by atoms with Gasteiger partial charge in [-0.25, -0.2) is 5.48 Å². The average Bonchev–Trinajstić information content (AvgIpc) is 3.12. The van der Waals surface area contributed by atoms with Crippen LogP contribution in [0.4, 0.5) is 5.69 Å². The van der Waals surface area contributed by atoms with Gasteiger partial charge in [-0.1, -0.05) is 41.6 Å². The summed E-state index contributed by atoms with van der Waals surface area (Å²) in [7, 11) is 1.43. The van der Waals surface area contributed by atoms with Gasteiger partial charge in [0.25, 0.3) is 11.8 Å². The van der Waals surface area contributed by atoms with E-state index in [1.165, 1.54) is 25.3 Å². The van der Waals surface area contributed by atoms with Crippen molar-refractivity contribution >= 4 is 23.2 Å². The standard InChI is InChI=1S/C22H17N3O5/c1-30-18-10-9-12(21(26)25-29)11-17(18)23-22(27)16-8-4-7-14-13-5-2-3-6-15(13)20(24-28)19(14)16/h2-11,28-29H,1H3,(H,23,27)(H,25,26)/b24-20+. The van der Waals surface area contributed by atoms with E-state index >= 15 is 0 Å². The molecule has 2 amide bonds. The number of nitrogens with one attached hydrogen (secondary N) is 2. The number of hydroxylamine groups is 1. The lowest BCUT2D eigenvalue weighted by molar-refractivity contribution is 0.0706. The number of nitrogens with zero attached hydrogens (tertiary/aromatic N) is 1. The first kappa shape index (κ1) is 19.2. The number of rotatable bonds is 4. The van der Waals surface area contributed by atoms with Crippen LogP contribution in [0.1, 0.15) is 31.8 Å². The summed E-state index contributed by atoms with van der Waals surface area (Å²) in [6, 6.07) is 17.0. The summed E-state index contributed by atoms with van der Waals surface area (Å²) >= 11 is 0. The van der Waals surface area contributed by atoms with Crippen LogP contribution in [0.3, 0.4) is 0 Å². The number of benzene rings is 3. The van der Waals surface area contributed by atoms with E-state index in [1.54, 1.807) is 17.6 Å². The van der Waals surface area contributed by atoms with Gasteiger partial charge in [-0.05, 0) is 35.4 Å². The number of hydrogen-bond donors (Lipinski definition) is 4. The van der Waals surface area contributed by atoms with Crippen LogP contribution >= 0.6 is 0 Å². The molecule has 150 valence electrons. The highest BCUT2D eigenvalue weighted by Crippen LogP contribution is 2.39. The number of fused-ring (bicyclic) bond motifs is 3. The van der Waals surface area contributed by atoms with Gasteiger partial charge in [0.1, 0.15) is 11.5 Å². The molecule has 0 heterocycles. The number of amides is 2. The number of methoxy groups -OCH3 is 1. The second-order valence-electron chi connectivity index (χ2n) is 6.53. The smallest absolute Gasteiger partial charge is 0.274 e. The number of ether oxygens (including phenoxy) is 1. The Morgan fingerprint density at radius 3 is 2.37 bits per heavy atom. The highest BCUT2D eigenvalue weighted by molar-refractivity contribution is 6.28. The predicted octanol–water partition coefficient (Wildman–Crippen LogP) is 3.27. The van der Waals surface area contributed by atoms with Crippen LogP contribution in [-0.2, 0) is 0 Å². The van der Waals surface area contributed by atoms with E-state index in [9.17, 15) is 14.8 Å². The quantitative estimate of drug-likeness (QED) is 0.237. The van der Waals surface area contributed by atoms with Crippen molar-refractivity contribution < 1.29 is 24.7 Å². The first-order chi connectivity index (χ1) is 14.6. The Kier molecular flexibility index (Phi) is 4.91. The SMILES string of the molecule is COc1ccc(C(=O)NO)cc1NC(=O)c1cccc2c1/C(=N/O)c1ccccc1-2. The summed E-state index contributed by atoms with van der Waals surface area (Å²) < 4.78 is 5.26. The van der Waals surface area contributed by atoms with E-state index in [0.29, 0.717) is 22.6 Å². The summed E-state index contributed by atoms with van der Waals surface area (Å²) in [5.41, 5.74) is 5.45. The van der Waals surface area contributed by atoms with Crippen molar-refractivity contribution in [2.75, 3.05) is 12.4 Å². The molecular formula is C22H17N3O5. The molecule has 1 aliphatic carbocycles. The maximum atomic E-state index is 13.2. The molecule has 1 aliphatic rings. The molecule has 0 fully saturated rings. The lowest BCUT2D eigenvalue weighted by Gasteiger charge is -2.13. The van der Waals surface area contributed by atoms with Crippen LogP contribution < -0.4 is 15.5 Å². The van der Waals surface area contributed by atoms with Crippen LogP contribution in [-0.4, -0.2) is 35.1 Å². The molecule has 4 rings (SSSR count). The lowest BCUT2D eigenvalue weighted by atomic mass is 10.00. The Labute approximate surface area is 171 Å². The molecule has 0 spiro atoms. The summed E-state index contributed by atoms with van der Waals surface area (Å²) in [6.07, 6.45) is 0. The Bertz CT molecular complexity index is 1200. The van der Waals surface area contributed by atoms with Crippen molar-refractivity contribution in [1.29, 1.82) is 0 Å². The Hall–Kier alpha value is -4.17. The zero-order valence-corrected chi connectivity index (χ0v) is 15.8. The third kappa shape index (κ3) is 3.05. The van der Waals surface area contributed by atoms with E-state index in [4.69, 9.17) is 9.94 Å². The molecule has 0 aliphatic heterocycles. The molecule has 0 radical (unpaired) electrons. The zero-order valence-electron chi connectivity index (χ0n) is 15.8. The molecule has 0 saturated carbocycles. The second kappa shape index (κ2) is 7.69. The number of oxime groups is 1. The van der Waals surface area contributed by atoms with Crippen LogP contribution in [0.5, 0.6) is 5.75 Å². The van der Waals surface area contributed by atoms with Crippen LogP contribution in [0.25, 0.3) is 11.1 Å². The molecule has 4 N–H and O–H groups in total. The van der Waals surface area contributed by atoms with Crippen molar-refractivity contribution in [1.82, 2.24) is 5.48 Å². The van der Waals surface area contributed by atoms with Crippen LogP contribution in [0.15, 0.2) is 65.8 Å². The van der Waals surface area contributed by atoms with E-state index < -0.39 is 11.8 Å². The van der Waals surface area contributed by atoms with Crippen molar-refractivity contribution in [3.63, 3.8) is 0 Å². The largest absolute Gasteiger partial charge is 0.495 e. The van der Waals surface area contributed by atoms with Gasteiger partial charge < -0.3 is 15.3 Å². The molecule has 8 heteroatoms. The topological polar surface area (TPSA) is 120 Å². The van der Waals surface area contributed by atoms with Crippen LogP contribution in [0, 0.1) is 0 Å². The first-order valence-electron chi connectivity index (χ1n) is 8.98. The number of hydrogen-bond acceptors (Lipinski definition) is 6. The van der Waals surface area contributed by atoms with E-state index in [2.05, 4.69) is 10.5 Å². The first-order valence-corrected chi connectivity index (χ1v) is 8.98. The van der Waals surface area contributed by atoms with E-state index in [1.807, 2.05) is 30.3 Å². The fourth-order valence-corrected chi connectivity index (χ4v) is 3.59. The summed E-state index contributed by atoms with van der Waals surface area (Å²) in [5, 5.41) is 24.7. The van der Waals surface area contributed by atoms with Crippen molar-refractivity contribution in [3.8, 4) is 16.9 Å². The van der Waals surface area contributed by atoms with Crippen LogP contribution in [0.2, 0.25) is 0 Å². The zero-order chi connectivity index (χ0) is 21.3. The molecule has 0 atom stereocenters. The highest BCUT2D eigenvalue weighted by Gasteiger charge is 2.30.